The molecule has 4 heteroatoms. The van der Waals surface area contributed by atoms with Gasteiger partial charge in [-0.15, -0.1) is 0 Å². The number of fused-ring (bicyclic) bond motifs is 1. The molecule has 0 unspecified atom stereocenters. The van der Waals surface area contributed by atoms with Gasteiger partial charge in [-0.3, -0.25) is 9.79 Å². The minimum absolute atomic E-state index is 0.145. The Bertz CT molecular complexity index is 864. The molecule has 22 heavy (non-hydrogen) atoms. The van der Waals surface area contributed by atoms with Gasteiger partial charge in [0.25, 0.3) is 5.56 Å². The van der Waals surface area contributed by atoms with Crippen LogP contribution < -0.4 is 10.3 Å². The molecule has 0 aliphatic rings. The van der Waals surface area contributed by atoms with Crippen LogP contribution in [0.2, 0.25) is 0 Å². The van der Waals surface area contributed by atoms with E-state index in [4.69, 9.17) is 4.74 Å². The molecular formula is C18H16N2O2. The molecule has 1 heterocycles. The fraction of sp³-hybridized carbons (Fsp3) is 0.111. The van der Waals surface area contributed by atoms with Gasteiger partial charge in [-0.05, 0) is 48.7 Å². The van der Waals surface area contributed by atoms with Gasteiger partial charge in [0.15, 0.2) is 0 Å². The number of ether oxygens (including phenoxy) is 1. The molecule has 0 saturated heterocycles. The molecule has 3 rings (SSSR count). The minimum atomic E-state index is -0.145. The summed E-state index contributed by atoms with van der Waals surface area (Å²) in [6, 6.07) is 16.9. The molecule has 0 saturated carbocycles. The zero-order valence-corrected chi connectivity index (χ0v) is 12.2. The highest BCUT2D eigenvalue weighted by molar-refractivity contribution is 5.88. The van der Waals surface area contributed by atoms with Crippen LogP contribution in [0.4, 0.5) is 5.69 Å². The molecule has 2 aromatic carbocycles. The van der Waals surface area contributed by atoms with Crippen molar-refractivity contribution in [3.63, 3.8) is 0 Å². The standard InChI is InChI=1S/C18H16N2O2/c1-2-22-16-9-7-15(8-10-16)19-12-14-11-13-5-3-4-6-17(13)20-18(14)21/h3-12H,2H2,1H3,(H,20,21). The van der Waals surface area contributed by atoms with Crippen molar-refractivity contribution in [3.8, 4) is 5.75 Å². The normalized spacial score (nSPS) is 11.1. The Balaban J connectivity index is 1.88. The molecule has 1 aromatic heterocycles. The van der Waals surface area contributed by atoms with Crippen molar-refractivity contribution >= 4 is 22.8 Å². The van der Waals surface area contributed by atoms with Crippen LogP contribution in [-0.2, 0) is 0 Å². The highest BCUT2D eigenvalue weighted by Crippen LogP contribution is 2.18. The van der Waals surface area contributed by atoms with Crippen LogP contribution in [0.25, 0.3) is 10.9 Å². The Morgan fingerprint density at radius 3 is 2.68 bits per heavy atom. The fourth-order valence-corrected chi connectivity index (χ4v) is 2.20. The summed E-state index contributed by atoms with van der Waals surface area (Å²) in [6.07, 6.45) is 1.58. The lowest BCUT2D eigenvalue weighted by atomic mass is 10.2. The molecule has 0 radical (unpaired) electrons. The summed E-state index contributed by atoms with van der Waals surface area (Å²) in [6.45, 7) is 2.58. The molecule has 110 valence electrons. The smallest absolute Gasteiger partial charge is 0.257 e. The summed E-state index contributed by atoms with van der Waals surface area (Å²) in [5.74, 6) is 0.810. The second-order valence-electron chi connectivity index (χ2n) is 4.83. The Hall–Kier alpha value is -2.88. The molecule has 0 bridgehead atoms. The van der Waals surface area contributed by atoms with Gasteiger partial charge in [-0.1, -0.05) is 18.2 Å². The first kappa shape index (κ1) is 14.1. The zero-order valence-electron chi connectivity index (χ0n) is 12.2. The van der Waals surface area contributed by atoms with Gasteiger partial charge in [-0.25, -0.2) is 0 Å². The first-order valence-corrected chi connectivity index (χ1v) is 7.15. The van der Waals surface area contributed by atoms with Crippen LogP contribution >= 0.6 is 0 Å². The third kappa shape index (κ3) is 3.06. The highest BCUT2D eigenvalue weighted by atomic mass is 16.5. The summed E-state index contributed by atoms with van der Waals surface area (Å²) in [4.78, 5) is 19.2. The van der Waals surface area contributed by atoms with E-state index in [1.807, 2.05) is 61.5 Å². The molecule has 0 fully saturated rings. The van der Waals surface area contributed by atoms with Gasteiger partial charge < -0.3 is 9.72 Å². The van der Waals surface area contributed by atoms with E-state index in [0.717, 1.165) is 22.3 Å². The van der Waals surface area contributed by atoms with E-state index < -0.39 is 0 Å². The third-order valence-electron chi connectivity index (χ3n) is 3.28. The van der Waals surface area contributed by atoms with Crippen LogP contribution in [0, 0.1) is 0 Å². The molecule has 0 atom stereocenters. The molecular weight excluding hydrogens is 276 g/mol. The molecule has 0 spiro atoms. The number of hydrogen-bond acceptors (Lipinski definition) is 3. The molecule has 0 amide bonds. The van der Waals surface area contributed by atoms with Crippen molar-refractivity contribution < 1.29 is 4.74 Å². The first-order valence-electron chi connectivity index (χ1n) is 7.15. The average molecular weight is 292 g/mol. The maximum atomic E-state index is 12.0. The second kappa shape index (κ2) is 6.26. The molecule has 0 aliphatic heterocycles. The van der Waals surface area contributed by atoms with Crippen molar-refractivity contribution in [1.29, 1.82) is 0 Å². The SMILES string of the molecule is CCOc1ccc(N=Cc2cc3ccccc3[nH]c2=O)cc1. The highest BCUT2D eigenvalue weighted by Gasteiger charge is 2.00. The van der Waals surface area contributed by atoms with Crippen molar-refractivity contribution in [2.75, 3.05) is 6.61 Å². The van der Waals surface area contributed by atoms with Gasteiger partial charge >= 0.3 is 0 Å². The van der Waals surface area contributed by atoms with E-state index in [-0.39, 0.29) is 5.56 Å². The zero-order chi connectivity index (χ0) is 15.4. The summed E-state index contributed by atoms with van der Waals surface area (Å²) in [5, 5.41) is 0.982. The predicted octanol–water partition coefficient (Wildman–Crippen LogP) is 3.68. The number of aliphatic imine (C=N–C) groups is 1. The maximum Gasteiger partial charge on any atom is 0.257 e. The van der Waals surface area contributed by atoms with Crippen LogP contribution in [0.1, 0.15) is 12.5 Å². The van der Waals surface area contributed by atoms with E-state index in [0.29, 0.717) is 12.2 Å². The Kier molecular flexibility index (Phi) is 4.01. The first-order chi connectivity index (χ1) is 10.8. The van der Waals surface area contributed by atoms with Gasteiger partial charge in [0, 0.05) is 11.7 Å². The number of benzene rings is 2. The second-order valence-corrected chi connectivity index (χ2v) is 4.83. The lowest BCUT2D eigenvalue weighted by molar-refractivity contribution is 0.340. The number of aromatic amines is 1. The lowest BCUT2D eigenvalue weighted by Gasteiger charge is -2.02. The fourth-order valence-electron chi connectivity index (χ4n) is 2.20. The Morgan fingerprint density at radius 1 is 1.14 bits per heavy atom. The minimum Gasteiger partial charge on any atom is -0.494 e. The number of hydrogen-bond donors (Lipinski definition) is 1. The topological polar surface area (TPSA) is 54.4 Å². The van der Waals surface area contributed by atoms with Crippen molar-refractivity contribution in [3.05, 3.63) is 70.5 Å². The molecule has 1 N–H and O–H groups in total. The van der Waals surface area contributed by atoms with E-state index in [1.54, 1.807) is 6.21 Å². The van der Waals surface area contributed by atoms with Crippen molar-refractivity contribution in [2.45, 2.75) is 6.92 Å². The van der Waals surface area contributed by atoms with Crippen LogP contribution in [-0.4, -0.2) is 17.8 Å². The van der Waals surface area contributed by atoms with E-state index >= 15 is 0 Å². The summed E-state index contributed by atoms with van der Waals surface area (Å²) < 4.78 is 5.38. The average Bonchev–Trinajstić information content (AvgIpc) is 2.54. The van der Waals surface area contributed by atoms with Crippen molar-refractivity contribution in [1.82, 2.24) is 4.98 Å². The van der Waals surface area contributed by atoms with Crippen LogP contribution in [0.3, 0.4) is 0 Å². The Morgan fingerprint density at radius 2 is 1.91 bits per heavy atom. The number of para-hydroxylation sites is 1. The van der Waals surface area contributed by atoms with Gasteiger partial charge in [0.05, 0.1) is 17.9 Å². The number of nitrogens with one attached hydrogen (secondary N) is 1. The summed E-state index contributed by atoms with van der Waals surface area (Å²) in [5.41, 5.74) is 1.99. The summed E-state index contributed by atoms with van der Waals surface area (Å²) in [7, 11) is 0. The van der Waals surface area contributed by atoms with Crippen LogP contribution in [0.5, 0.6) is 5.75 Å². The van der Waals surface area contributed by atoms with E-state index in [9.17, 15) is 4.79 Å². The third-order valence-corrected chi connectivity index (χ3v) is 3.28. The lowest BCUT2D eigenvalue weighted by Crippen LogP contribution is -2.11. The largest absolute Gasteiger partial charge is 0.494 e. The number of pyridine rings is 1. The quantitative estimate of drug-likeness (QED) is 0.746. The van der Waals surface area contributed by atoms with Crippen LogP contribution in [0.15, 0.2) is 64.4 Å². The maximum absolute atomic E-state index is 12.0. The molecule has 0 aliphatic carbocycles. The number of H-pyrrole nitrogens is 1. The monoisotopic (exact) mass is 292 g/mol. The number of rotatable bonds is 4. The number of nitrogens with zero attached hydrogens (tertiary/aromatic N) is 1. The van der Waals surface area contributed by atoms with E-state index in [1.165, 1.54) is 0 Å². The molecule has 4 nitrogen and oxygen atoms in total. The van der Waals surface area contributed by atoms with E-state index in [2.05, 4.69) is 9.98 Å². The Labute approximate surface area is 128 Å². The number of aromatic nitrogens is 1. The van der Waals surface area contributed by atoms with Gasteiger partial charge in [-0.2, -0.15) is 0 Å². The summed E-state index contributed by atoms with van der Waals surface area (Å²) >= 11 is 0. The van der Waals surface area contributed by atoms with Crippen molar-refractivity contribution in [2.24, 2.45) is 4.99 Å². The van der Waals surface area contributed by atoms with Gasteiger partial charge in [0.1, 0.15) is 5.75 Å². The van der Waals surface area contributed by atoms with Gasteiger partial charge in [0.2, 0.25) is 0 Å². The molecule has 3 aromatic rings. The predicted molar refractivity (Wildman–Crippen MR) is 89.4 cm³/mol.